The summed E-state index contributed by atoms with van der Waals surface area (Å²) in [5.74, 6) is 0. The molecule has 0 aliphatic heterocycles. The second-order valence-electron chi connectivity index (χ2n) is 11.2. The van der Waals surface area contributed by atoms with Crippen molar-refractivity contribution in [2.24, 2.45) is 0 Å². The smallest absolute Gasteiger partial charge is 0.101 e. The van der Waals surface area contributed by atoms with Crippen LogP contribution in [0.3, 0.4) is 0 Å². The molecule has 0 unspecified atom stereocenters. The molecule has 202 valence electrons. The second kappa shape index (κ2) is 9.07. The highest BCUT2D eigenvalue weighted by Crippen LogP contribution is 2.41. The van der Waals surface area contributed by atoms with Crippen molar-refractivity contribution in [1.82, 2.24) is 9.13 Å². The third kappa shape index (κ3) is 3.20. The van der Waals surface area contributed by atoms with Crippen LogP contribution in [0.4, 0.5) is 0 Å². The van der Waals surface area contributed by atoms with E-state index in [0.29, 0.717) is 11.1 Å². The Balaban J connectivity index is 1.49. The van der Waals surface area contributed by atoms with Crippen LogP contribution < -0.4 is 0 Å². The molecule has 0 radical (unpaired) electrons. The van der Waals surface area contributed by atoms with Crippen molar-refractivity contribution >= 4 is 65.2 Å². The van der Waals surface area contributed by atoms with Crippen molar-refractivity contribution in [2.45, 2.75) is 0 Å². The molecule has 0 aliphatic rings. The summed E-state index contributed by atoms with van der Waals surface area (Å²) in [6.07, 6.45) is 0. The fourth-order valence-electron chi connectivity index (χ4n) is 7.09. The minimum atomic E-state index is 0.450. The molecule has 0 saturated carbocycles. The summed E-state index contributed by atoms with van der Waals surface area (Å²) < 4.78 is 4.42. The van der Waals surface area contributed by atoms with E-state index in [4.69, 9.17) is 0 Å². The molecule has 0 atom stereocenters. The van der Waals surface area contributed by atoms with Gasteiger partial charge in [-0.3, -0.25) is 0 Å². The molecule has 44 heavy (non-hydrogen) atoms. The fourth-order valence-corrected chi connectivity index (χ4v) is 7.09. The maximum Gasteiger partial charge on any atom is 0.101 e. The van der Waals surface area contributed by atoms with Gasteiger partial charge >= 0.3 is 0 Å². The van der Waals surface area contributed by atoms with Gasteiger partial charge in [-0.15, -0.1) is 0 Å². The molecule has 7 aromatic carbocycles. The van der Waals surface area contributed by atoms with E-state index in [-0.39, 0.29) is 0 Å². The van der Waals surface area contributed by atoms with Gasteiger partial charge in [-0.2, -0.15) is 10.5 Å². The zero-order chi connectivity index (χ0) is 29.4. The third-order valence-electron chi connectivity index (χ3n) is 8.96. The van der Waals surface area contributed by atoms with Crippen LogP contribution in [0.5, 0.6) is 0 Å². The molecule has 0 fully saturated rings. The van der Waals surface area contributed by atoms with Crippen LogP contribution >= 0.6 is 0 Å². The first-order valence-corrected chi connectivity index (χ1v) is 14.6. The highest BCUT2D eigenvalue weighted by molar-refractivity contribution is 6.20. The SMILES string of the molecule is N#Cc1cc(C#N)c(-n2c3ccccc3c3ccc4ccccc4c32)cc1-n1c2ccccc2c2ccc3ccccc3c21. The highest BCUT2D eigenvalue weighted by atomic mass is 15.0. The molecule has 0 aliphatic carbocycles. The lowest BCUT2D eigenvalue weighted by molar-refractivity contribution is 1.12. The van der Waals surface area contributed by atoms with Crippen LogP contribution in [-0.2, 0) is 0 Å². The van der Waals surface area contributed by atoms with E-state index in [9.17, 15) is 10.5 Å². The van der Waals surface area contributed by atoms with E-state index in [2.05, 4.69) is 118 Å². The van der Waals surface area contributed by atoms with E-state index >= 15 is 0 Å². The Morgan fingerprint density at radius 2 is 0.795 bits per heavy atom. The summed E-state index contributed by atoms with van der Waals surface area (Å²) >= 11 is 0. The van der Waals surface area contributed by atoms with E-state index in [1.807, 2.05) is 30.3 Å². The Hall–Kier alpha value is -6.36. The summed E-state index contributed by atoms with van der Waals surface area (Å²) in [5, 5.41) is 30.0. The van der Waals surface area contributed by atoms with Crippen molar-refractivity contribution in [3.63, 3.8) is 0 Å². The van der Waals surface area contributed by atoms with Crippen LogP contribution in [-0.4, -0.2) is 9.13 Å². The summed E-state index contributed by atoms with van der Waals surface area (Å²) in [6, 6.07) is 50.7. The maximum atomic E-state index is 10.5. The number of benzene rings is 7. The first kappa shape index (κ1) is 24.3. The topological polar surface area (TPSA) is 57.4 Å². The molecule has 0 N–H and O–H groups in total. The van der Waals surface area contributed by atoms with Crippen molar-refractivity contribution in [1.29, 1.82) is 10.5 Å². The van der Waals surface area contributed by atoms with Gasteiger partial charge in [0.1, 0.15) is 12.1 Å². The largest absolute Gasteiger partial charge is 0.307 e. The van der Waals surface area contributed by atoms with Gasteiger partial charge in [-0.05, 0) is 35.0 Å². The zero-order valence-electron chi connectivity index (χ0n) is 23.5. The van der Waals surface area contributed by atoms with Crippen molar-refractivity contribution in [3.8, 4) is 23.5 Å². The summed E-state index contributed by atoms with van der Waals surface area (Å²) in [6.45, 7) is 0. The van der Waals surface area contributed by atoms with E-state index in [0.717, 1.165) is 76.5 Å². The molecular formula is C40H22N4. The number of para-hydroxylation sites is 2. The monoisotopic (exact) mass is 558 g/mol. The normalized spacial score (nSPS) is 11.6. The molecule has 0 amide bonds. The lowest BCUT2D eigenvalue weighted by Gasteiger charge is -2.17. The van der Waals surface area contributed by atoms with E-state index in [1.54, 1.807) is 6.07 Å². The average molecular weight is 559 g/mol. The lowest BCUT2D eigenvalue weighted by atomic mass is 10.0. The van der Waals surface area contributed by atoms with Gasteiger partial charge < -0.3 is 9.13 Å². The number of nitrogens with zero attached hydrogens (tertiary/aromatic N) is 4. The lowest BCUT2D eigenvalue weighted by Crippen LogP contribution is -2.04. The predicted molar refractivity (Wildman–Crippen MR) is 180 cm³/mol. The maximum absolute atomic E-state index is 10.5. The number of hydrogen-bond donors (Lipinski definition) is 0. The standard InChI is InChI=1S/C40H22N4/c41-23-27-21-28(24-42)38(44-36-16-8-6-14-32(36)34-20-18-26-10-2-4-12-30(26)40(34)44)22-37(27)43-35-15-7-5-13-31(35)33-19-17-25-9-1-3-11-29(25)39(33)43/h1-22H. The number of hydrogen-bond acceptors (Lipinski definition) is 2. The van der Waals surface area contributed by atoms with Gasteiger partial charge in [0.05, 0.1) is 44.6 Å². The van der Waals surface area contributed by atoms with Crippen LogP contribution in [0.25, 0.3) is 76.5 Å². The van der Waals surface area contributed by atoms with Crippen LogP contribution in [0.2, 0.25) is 0 Å². The quantitative estimate of drug-likeness (QED) is 0.212. The number of rotatable bonds is 2. The molecular weight excluding hydrogens is 536 g/mol. The van der Waals surface area contributed by atoms with Crippen molar-refractivity contribution in [2.75, 3.05) is 0 Å². The molecule has 9 aromatic rings. The van der Waals surface area contributed by atoms with Crippen LogP contribution in [0, 0.1) is 22.7 Å². The van der Waals surface area contributed by atoms with Gasteiger partial charge in [0.2, 0.25) is 0 Å². The Kier molecular flexibility index (Phi) is 5.00. The number of nitriles is 2. The predicted octanol–water partition coefficient (Wildman–Crippen LogP) is 9.93. The van der Waals surface area contributed by atoms with Gasteiger partial charge in [0.15, 0.2) is 0 Å². The minimum Gasteiger partial charge on any atom is -0.307 e. The number of fused-ring (bicyclic) bond motifs is 10. The third-order valence-corrected chi connectivity index (χ3v) is 8.96. The van der Waals surface area contributed by atoms with Gasteiger partial charge in [-0.1, -0.05) is 109 Å². The van der Waals surface area contributed by atoms with E-state index in [1.165, 1.54) is 0 Å². The van der Waals surface area contributed by atoms with Gasteiger partial charge in [0.25, 0.3) is 0 Å². The number of aromatic nitrogens is 2. The fraction of sp³-hybridized carbons (Fsp3) is 0. The first-order valence-electron chi connectivity index (χ1n) is 14.6. The van der Waals surface area contributed by atoms with Crippen molar-refractivity contribution in [3.05, 3.63) is 145 Å². The van der Waals surface area contributed by atoms with Gasteiger partial charge in [0, 0.05) is 32.3 Å². The molecule has 0 spiro atoms. The molecule has 0 saturated heterocycles. The summed E-state index contributed by atoms with van der Waals surface area (Å²) in [4.78, 5) is 0. The second-order valence-corrected chi connectivity index (χ2v) is 11.2. The molecule has 9 rings (SSSR count). The molecule has 2 aromatic heterocycles. The molecule has 0 bridgehead atoms. The Labute approximate surface area is 252 Å². The Morgan fingerprint density at radius 3 is 1.25 bits per heavy atom. The molecule has 2 heterocycles. The van der Waals surface area contributed by atoms with Crippen molar-refractivity contribution < 1.29 is 0 Å². The molecule has 4 nitrogen and oxygen atoms in total. The van der Waals surface area contributed by atoms with Gasteiger partial charge in [-0.25, -0.2) is 0 Å². The first-order chi connectivity index (χ1) is 21.8. The Morgan fingerprint density at radius 1 is 0.386 bits per heavy atom. The van der Waals surface area contributed by atoms with Crippen LogP contribution in [0.1, 0.15) is 11.1 Å². The summed E-state index contributed by atoms with van der Waals surface area (Å²) in [7, 11) is 0. The average Bonchev–Trinajstić information content (AvgIpc) is 3.61. The zero-order valence-corrected chi connectivity index (χ0v) is 23.5. The van der Waals surface area contributed by atoms with Crippen LogP contribution in [0.15, 0.2) is 133 Å². The molecule has 4 heteroatoms. The highest BCUT2D eigenvalue weighted by Gasteiger charge is 2.22. The Bertz CT molecular complexity index is 2560. The van der Waals surface area contributed by atoms with E-state index < -0.39 is 0 Å². The minimum absolute atomic E-state index is 0.450. The summed E-state index contributed by atoms with van der Waals surface area (Å²) in [5.41, 5.74) is 6.51.